The number of hydrogen-bond acceptors (Lipinski definition) is 4. The second kappa shape index (κ2) is 7.35. The number of nitrogens with zero attached hydrogens (tertiary/aromatic N) is 1. The number of rotatable bonds is 3. The highest BCUT2D eigenvalue weighted by molar-refractivity contribution is 6.31. The third-order valence-electron chi connectivity index (χ3n) is 4.46. The molecule has 1 N–H and O–H groups in total. The highest BCUT2D eigenvalue weighted by Gasteiger charge is 2.26. The first-order chi connectivity index (χ1) is 12.0. The van der Waals surface area contributed by atoms with E-state index in [9.17, 15) is 9.59 Å². The molecule has 0 unspecified atom stereocenters. The highest BCUT2D eigenvalue weighted by atomic mass is 35.5. The molecule has 25 heavy (non-hydrogen) atoms. The van der Waals surface area contributed by atoms with Gasteiger partial charge in [-0.05, 0) is 44.9 Å². The predicted molar refractivity (Wildman–Crippen MR) is 95.0 cm³/mol. The summed E-state index contributed by atoms with van der Waals surface area (Å²) in [5.41, 5.74) is 1.42. The first-order valence-corrected chi connectivity index (χ1v) is 8.78. The molecule has 1 aliphatic heterocycles. The number of likely N-dealkylation sites (tertiary alicyclic amines) is 1. The average Bonchev–Trinajstić information content (AvgIpc) is 2.92. The lowest BCUT2D eigenvalue weighted by molar-refractivity contribution is 0.0841. The Hall–Kier alpha value is -2.21. The van der Waals surface area contributed by atoms with Crippen molar-refractivity contribution in [1.29, 1.82) is 0 Å². The van der Waals surface area contributed by atoms with E-state index < -0.39 is 0 Å². The van der Waals surface area contributed by atoms with Crippen molar-refractivity contribution in [1.82, 2.24) is 10.2 Å². The third kappa shape index (κ3) is 3.74. The lowest BCUT2D eigenvalue weighted by atomic mass is 10.0. The molecule has 7 heteroatoms. The van der Waals surface area contributed by atoms with E-state index in [1.165, 1.54) is 0 Å². The number of aryl methyl sites for hydroxylation is 1. The number of furan rings is 1. The van der Waals surface area contributed by atoms with Gasteiger partial charge in [0.1, 0.15) is 5.58 Å². The molecule has 1 aromatic carbocycles. The Labute approximate surface area is 151 Å². The maximum absolute atomic E-state index is 12.6. The summed E-state index contributed by atoms with van der Waals surface area (Å²) in [4.78, 5) is 25.9. The number of nitrogens with one attached hydrogen (secondary N) is 1. The summed E-state index contributed by atoms with van der Waals surface area (Å²) in [7, 11) is 0. The molecular weight excluding hydrogens is 344 g/mol. The maximum Gasteiger partial charge on any atom is 0.409 e. The Kier molecular flexibility index (Phi) is 5.18. The molecule has 6 nitrogen and oxygen atoms in total. The zero-order valence-corrected chi connectivity index (χ0v) is 15.1. The molecule has 1 aliphatic rings. The molecular formula is C18H21ClN2O4. The number of fused-ring (bicyclic) bond motifs is 1. The number of amides is 2. The smallest absolute Gasteiger partial charge is 0.409 e. The molecule has 2 amide bonds. The van der Waals surface area contributed by atoms with Crippen LogP contribution < -0.4 is 5.32 Å². The molecule has 2 aromatic rings. The molecule has 0 aliphatic carbocycles. The summed E-state index contributed by atoms with van der Waals surface area (Å²) < 4.78 is 10.7. The van der Waals surface area contributed by atoms with Crippen LogP contribution in [0.1, 0.15) is 35.9 Å². The van der Waals surface area contributed by atoms with E-state index in [0.717, 1.165) is 10.9 Å². The number of hydrogen-bond donors (Lipinski definition) is 1. The van der Waals surface area contributed by atoms with E-state index in [4.69, 9.17) is 20.8 Å². The summed E-state index contributed by atoms with van der Waals surface area (Å²) in [5, 5.41) is 4.45. The van der Waals surface area contributed by atoms with Crippen molar-refractivity contribution < 1.29 is 18.7 Å². The van der Waals surface area contributed by atoms with Crippen molar-refractivity contribution in [3.8, 4) is 0 Å². The van der Waals surface area contributed by atoms with Crippen molar-refractivity contribution in [3.63, 3.8) is 0 Å². The quantitative estimate of drug-likeness (QED) is 0.900. The molecule has 0 atom stereocenters. The number of ether oxygens (including phenoxy) is 1. The predicted octanol–water partition coefficient (Wildman–Crippen LogP) is 3.75. The van der Waals surface area contributed by atoms with Crippen molar-refractivity contribution in [2.24, 2.45) is 0 Å². The van der Waals surface area contributed by atoms with E-state index in [1.807, 2.05) is 6.92 Å². The van der Waals surface area contributed by atoms with E-state index >= 15 is 0 Å². The second-order valence-corrected chi connectivity index (χ2v) is 6.57. The van der Waals surface area contributed by atoms with Gasteiger partial charge in [0.15, 0.2) is 5.76 Å². The molecule has 3 rings (SSSR count). The first-order valence-electron chi connectivity index (χ1n) is 8.40. The van der Waals surface area contributed by atoms with Crippen molar-refractivity contribution in [2.75, 3.05) is 19.7 Å². The van der Waals surface area contributed by atoms with Gasteiger partial charge in [-0.3, -0.25) is 4.79 Å². The van der Waals surface area contributed by atoms with Gasteiger partial charge in [0.2, 0.25) is 0 Å². The minimum atomic E-state index is -0.294. The molecule has 1 fully saturated rings. The molecule has 0 spiro atoms. The summed E-state index contributed by atoms with van der Waals surface area (Å²) in [5.74, 6) is 0.0736. The summed E-state index contributed by atoms with van der Waals surface area (Å²) in [6, 6.07) is 5.30. The molecule has 134 valence electrons. The van der Waals surface area contributed by atoms with Gasteiger partial charge in [0.05, 0.1) is 6.61 Å². The number of benzene rings is 1. The van der Waals surface area contributed by atoms with Gasteiger partial charge in [-0.1, -0.05) is 11.6 Å². The maximum atomic E-state index is 12.6. The molecule has 1 saturated heterocycles. The van der Waals surface area contributed by atoms with Gasteiger partial charge in [-0.25, -0.2) is 4.79 Å². The Balaban J connectivity index is 1.64. The van der Waals surface area contributed by atoms with Crippen molar-refractivity contribution >= 4 is 34.6 Å². The second-order valence-electron chi connectivity index (χ2n) is 6.13. The van der Waals surface area contributed by atoms with Crippen molar-refractivity contribution in [2.45, 2.75) is 32.7 Å². The average molecular weight is 365 g/mol. The van der Waals surface area contributed by atoms with E-state index in [0.29, 0.717) is 48.9 Å². The molecule has 0 radical (unpaired) electrons. The van der Waals surface area contributed by atoms with Gasteiger partial charge in [-0.2, -0.15) is 0 Å². The van der Waals surface area contributed by atoms with Gasteiger partial charge in [0.25, 0.3) is 5.91 Å². The van der Waals surface area contributed by atoms with Crippen LogP contribution in [-0.4, -0.2) is 42.6 Å². The Morgan fingerprint density at radius 2 is 2.08 bits per heavy atom. The molecule has 1 aromatic heterocycles. The van der Waals surface area contributed by atoms with Crippen LogP contribution in [0.5, 0.6) is 0 Å². The molecule has 2 heterocycles. The number of piperidine rings is 1. The topological polar surface area (TPSA) is 71.8 Å². The van der Waals surface area contributed by atoms with Crippen molar-refractivity contribution in [3.05, 3.63) is 34.5 Å². The van der Waals surface area contributed by atoms with Gasteiger partial charge >= 0.3 is 6.09 Å². The molecule has 0 bridgehead atoms. The Morgan fingerprint density at radius 1 is 1.36 bits per heavy atom. The standard InChI is InChI=1S/C18H21ClN2O4/c1-3-24-18(23)21-8-6-13(7-9-21)20-17(22)16-11(2)14-10-12(19)4-5-15(14)25-16/h4-5,10,13H,3,6-9H2,1-2H3,(H,20,22). The highest BCUT2D eigenvalue weighted by Crippen LogP contribution is 2.28. The fourth-order valence-electron chi connectivity index (χ4n) is 3.08. The lowest BCUT2D eigenvalue weighted by Gasteiger charge is -2.31. The summed E-state index contributed by atoms with van der Waals surface area (Å²) in [6.07, 6.45) is 1.09. The SMILES string of the molecule is CCOC(=O)N1CCC(NC(=O)c2oc3ccc(Cl)cc3c2C)CC1. The normalized spacial score (nSPS) is 15.4. The zero-order chi connectivity index (χ0) is 18.0. The van der Waals surface area contributed by atoms with Crippen LogP contribution in [-0.2, 0) is 4.74 Å². The van der Waals surface area contributed by atoms with Gasteiger partial charge in [0, 0.05) is 35.1 Å². The monoisotopic (exact) mass is 364 g/mol. The van der Waals surface area contributed by atoms with Crippen LogP contribution in [0.4, 0.5) is 4.79 Å². The minimum absolute atomic E-state index is 0.00868. The summed E-state index contributed by atoms with van der Waals surface area (Å²) >= 11 is 6.01. The lowest BCUT2D eigenvalue weighted by Crippen LogP contribution is -2.46. The van der Waals surface area contributed by atoms with Crippen LogP contribution in [0, 0.1) is 6.92 Å². The first kappa shape index (κ1) is 17.6. The van der Waals surface area contributed by atoms with Crippen LogP contribution >= 0.6 is 11.6 Å². The van der Waals surface area contributed by atoms with Crippen LogP contribution in [0.15, 0.2) is 22.6 Å². The number of carbonyl (C=O) groups is 2. The van der Waals surface area contributed by atoms with Gasteiger partial charge in [-0.15, -0.1) is 0 Å². The fourth-order valence-corrected chi connectivity index (χ4v) is 3.25. The van der Waals surface area contributed by atoms with E-state index in [-0.39, 0.29) is 18.0 Å². The summed E-state index contributed by atoms with van der Waals surface area (Å²) in [6.45, 7) is 5.13. The number of halogens is 1. The minimum Gasteiger partial charge on any atom is -0.451 e. The fraction of sp³-hybridized carbons (Fsp3) is 0.444. The van der Waals surface area contributed by atoms with Crippen LogP contribution in [0.25, 0.3) is 11.0 Å². The van der Waals surface area contributed by atoms with Crippen LogP contribution in [0.2, 0.25) is 5.02 Å². The third-order valence-corrected chi connectivity index (χ3v) is 4.70. The zero-order valence-electron chi connectivity index (χ0n) is 14.3. The molecule has 0 saturated carbocycles. The number of carbonyl (C=O) groups excluding carboxylic acids is 2. The largest absolute Gasteiger partial charge is 0.451 e. The van der Waals surface area contributed by atoms with E-state index in [1.54, 1.807) is 30.0 Å². The van der Waals surface area contributed by atoms with Crippen LogP contribution in [0.3, 0.4) is 0 Å². The van der Waals surface area contributed by atoms with Gasteiger partial charge < -0.3 is 19.4 Å². The Morgan fingerprint density at radius 3 is 2.76 bits per heavy atom. The van der Waals surface area contributed by atoms with E-state index in [2.05, 4.69) is 5.32 Å². The Bertz CT molecular complexity index is 794.